The van der Waals surface area contributed by atoms with Crippen molar-refractivity contribution in [2.75, 3.05) is 18.5 Å². The number of aliphatic hydroxyl groups is 2. The predicted molar refractivity (Wildman–Crippen MR) is 105 cm³/mol. The van der Waals surface area contributed by atoms with Crippen LogP contribution in [0, 0.1) is 17.8 Å². The first kappa shape index (κ1) is 16.6. The Morgan fingerprint density at radius 2 is 2.07 bits per heavy atom. The molecule has 7 rings (SSSR count). The fraction of sp³-hybridized carbons (Fsp3) is 0.652. The van der Waals surface area contributed by atoms with Gasteiger partial charge in [-0.1, -0.05) is 31.7 Å². The number of anilines is 1. The van der Waals surface area contributed by atoms with E-state index >= 15 is 0 Å². The van der Waals surface area contributed by atoms with Crippen molar-refractivity contribution in [1.29, 1.82) is 0 Å². The molecule has 1 spiro atoms. The fourth-order valence-electron chi connectivity index (χ4n) is 8.98. The molecule has 1 aliphatic carbocycles. The number of quaternary nitrogens is 1. The van der Waals surface area contributed by atoms with Crippen molar-refractivity contribution in [2.45, 2.75) is 62.1 Å². The third kappa shape index (κ3) is 1.47. The van der Waals surface area contributed by atoms with Crippen molar-refractivity contribution in [1.82, 2.24) is 0 Å². The molecule has 5 unspecified atom stereocenters. The summed E-state index contributed by atoms with van der Waals surface area (Å²) in [6, 6.07) is 9.71. The average Bonchev–Trinajstić information content (AvgIpc) is 3.06. The molecule has 144 valence electrons. The number of aliphatic hydroxyl groups excluding tert-OH is 2. The molecule has 6 aliphatic rings. The number of nitrogens with zero attached hydrogens (tertiary/aromatic N) is 2. The average molecular weight is 368 g/mol. The second-order valence-corrected chi connectivity index (χ2v) is 9.83. The molecule has 5 bridgehead atoms. The highest BCUT2D eigenvalue weighted by Gasteiger charge is 2.82. The Kier molecular flexibility index (Phi) is 3.05. The highest BCUT2D eigenvalue weighted by molar-refractivity contribution is 5.66. The molecular weight excluding hydrogens is 336 g/mol. The number of fused-ring (bicyclic) bond motifs is 2. The Morgan fingerprint density at radius 3 is 2.81 bits per heavy atom. The van der Waals surface area contributed by atoms with Crippen LogP contribution in [-0.2, 0) is 5.41 Å². The highest BCUT2D eigenvalue weighted by Crippen LogP contribution is 2.71. The lowest BCUT2D eigenvalue weighted by Crippen LogP contribution is -2.82. The minimum atomic E-state index is -0.321. The maximum absolute atomic E-state index is 11.9. The standard InChI is InChI=1S/C23H31N2O2/c1-4-10-25-17-11-14(13(5-2)22(25)27)19-18(25)12-23(21(19)26)15-8-6-7-9-16(15)24(3)20(17)23/h4,6-9,13-14,17-22,26-27H,1,5,10-12H2,2-3H3/q+1/t13-,14?,17-,18-,19?,20-,21?,22+,23?,25?/m0/s1. The Balaban J connectivity index is 1.63. The third-order valence-corrected chi connectivity index (χ3v) is 9.56. The van der Waals surface area contributed by atoms with E-state index in [0.717, 1.165) is 30.3 Å². The Labute approximate surface area is 161 Å². The van der Waals surface area contributed by atoms with Crippen molar-refractivity contribution in [3.05, 3.63) is 42.5 Å². The Morgan fingerprint density at radius 1 is 1.30 bits per heavy atom. The summed E-state index contributed by atoms with van der Waals surface area (Å²) in [5.74, 6) is 1.05. The molecule has 27 heavy (non-hydrogen) atoms. The molecule has 1 saturated carbocycles. The molecule has 0 aromatic heterocycles. The van der Waals surface area contributed by atoms with Gasteiger partial charge >= 0.3 is 0 Å². The van der Waals surface area contributed by atoms with E-state index < -0.39 is 0 Å². The molecule has 1 aromatic rings. The zero-order chi connectivity index (χ0) is 18.7. The first-order valence-corrected chi connectivity index (χ1v) is 10.7. The fourth-order valence-corrected chi connectivity index (χ4v) is 8.98. The number of hydrogen-bond acceptors (Lipinski definition) is 3. The topological polar surface area (TPSA) is 43.7 Å². The van der Waals surface area contributed by atoms with Gasteiger partial charge in [0.25, 0.3) is 0 Å². The second-order valence-electron chi connectivity index (χ2n) is 9.83. The maximum Gasteiger partial charge on any atom is 0.194 e. The van der Waals surface area contributed by atoms with E-state index in [-0.39, 0.29) is 23.8 Å². The van der Waals surface area contributed by atoms with Crippen LogP contribution in [0.4, 0.5) is 5.69 Å². The molecule has 4 nitrogen and oxygen atoms in total. The van der Waals surface area contributed by atoms with E-state index in [2.05, 4.69) is 49.7 Å². The lowest BCUT2D eigenvalue weighted by atomic mass is 9.60. The zero-order valence-corrected chi connectivity index (χ0v) is 16.3. The van der Waals surface area contributed by atoms with E-state index in [9.17, 15) is 10.2 Å². The summed E-state index contributed by atoms with van der Waals surface area (Å²) in [5.41, 5.74) is 2.47. The Hall–Kier alpha value is -1.36. The van der Waals surface area contributed by atoms with Crippen LogP contribution in [0.25, 0.3) is 0 Å². The van der Waals surface area contributed by atoms with Crippen molar-refractivity contribution < 1.29 is 14.7 Å². The largest absolute Gasteiger partial charge is 0.392 e. The zero-order valence-electron chi connectivity index (χ0n) is 16.3. The third-order valence-electron chi connectivity index (χ3n) is 9.56. The van der Waals surface area contributed by atoms with Crippen LogP contribution in [-0.4, -0.2) is 58.7 Å². The second kappa shape index (κ2) is 4.97. The number of rotatable bonds is 3. The van der Waals surface area contributed by atoms with Gasteiger partial charge in [-0.15, -0.1) is 0 Å². The first-order chi connectivity index (χ1) is 13.0. The lowest BCUT2D eigenvalue weighted by Gasteiger charge is -2.67. The number of piperidine rings is 4. The van der Waals surface area contributed by atoms with Gasteiger partial charge in [0.05, 0.1) is 30.1 Å². The minimum Gasteiger partial charge on any atom is -0.392 e. The molecule has 5 fully saturated rings. The van der Waals surface area contributed by atoms with E-state index in [4.69, 9.17) is 0 Å². The van der Waals surface area contributed by atoms with E-state index in [1.165, 1.54) is 11.3 Å². The molecule has 2 N–H and O–H groups in total. The van der Waals surface area contributed by atoms with Gasteiger partial charge in [-0.3, -0.25) is 4.48 Å². The molecule has 0 amide bonds. The smallest absolute Gasteiger partial charge is 0.194 e. The maximum atomic E-state index is 11.9. The van der Waals surface area contributed by atoms with E-state index in [1.807, 2.05) is 6.08 Å². The Bertz CT molecular complexity index is 826. The van der Waals surface area contributed by atoms with Crippen molar-refractivity contribution >= 4 is 5.69 Å². The van der Waals surface area contributed by atoms with Gasteiger partial charge in [0, 0.05) is 37.4 Å². The van der Waals surface area contributed by atoms with Crippen molar-refractivity contribution in [3.8, 4) is 0 Å². The summed E-state index contributed by atoms with van der Waals surface area (Å²) in [5, 5.41) is 23.5. The van der Waals surface area contributed by atoms with Gasteiger partial charge in [-0.2, -0.15) is 0 Å². The monoisotopic (exact) mass is 367 g/mol. The van der Waals surface area contributed by atoms with Gasteiger partial charge in [0.1, 0.15) is 6.04 Å². The summed E-state index contributed by atoms with van der Waals surface area (Å²) in [6.07, 6.45) is 4.52. The molecule has 4 saturated heterocycles. The molecule has 0 radical (unpaired) electrons. The molecule has 5 heterocycles. The van der Waals surface area contributed by atoms with Crippen molar-refractivity contribution in [2.24, 2.45) is 17.8 Å². The van der Waals surface area contributed by atoms with Crippen LogP contribution in [0.5, 0.6) is 0 Å². The van der Waals surface area contributed by atoms with Gasteiger partial charge in [-0.05, 0) is 30.0 Å². The number of para-hydroxylation sites is 1. The highest BCUT2D eigenvalue weighted by atomic mass is 16.3. The van der Waals surface area contributed by atoms with Crippen LogP contribution < -0.4 is 4.90 Å². The van der Waals surface area contributed by atoms with Gasteiger partial charge in [-0.25, -0.2) is 0 Å². The molecule has 4 heteroatoms. The summed E-state index contributed by atoms with van der Waals surface area (Å²) in [4.78, 5) is 2.44. The van der Waals surface area contributed by atoms with Crippen molar-refractivity contribution in [3.63, 3.8) is 0 Å². The normalized spacial score (nSPS) is 53.6. The summed E-state index contributed by atoms with van der Waals surface area (Å²) in [6.45, 7) is 7.10. The van der Waals surface area contributed by atoms with Gasteiger partial charge in [0.15, 0.2) is 6.23 Å². The molecule has 10 atom stereocenters. The molecule has 1 aromatic carbocycles. The number of likely N-dealkylation sites (N-methyl/N-ethyl adjacent to an activating group) is 1. The van der Waals surface area contributed by atoms with E-state index in [0.29, 0.717) is 29.8 Å². The lowest BCUT2D eigenvalue weighted by molar-refractivity contribution is -1.03. The summed E-state index contributed by atoms with van der Waals surface area (Å²) < 4.78 is 0.755. The summed E-state index contributed by atoms with van der Waals surface area (Å²) in [7, 11) is 2.21. The van der Waals surface area contributed by atoms with Crippen LogP contribution in [0.3, 0.4) is 0 Å². The van der Waals surface area contributed by atoms with Crippen LogP contribution in [0.15, 0.2) is 36.9 Å². The van der Waals surface area contributed by atoms with Crippen LogP contribution >= 0.6 is 0 Å². The van der Waals surface area contributed by atoms with Crippen LogP contribution in [0.1, 0.15) is 31.7 Å². The SMILES string of the molecule is C=CC[N+]12[C@H](O)[C@@H](CC)C3C[C@H]1[C@@H]1N(C)c4ccccc4C14C[C@H]2C3C4O. The van der Waals surface area contributed by atoms with Gasteiger partial charge in [0.2, 0.25) is 0 Å². The molecular formula is C23H31N2O2+. The predicted octanol–water partition coefficient (Wildman–Crippen LogP) is 2.26. The number of hydrogen-bond donors (Lipinski definition) is 2. The number of benzene rings is 1. The quantitative estimate of drug-likeness (QED) is 0.636. The minimum absolute atomic E-state index is 0.161. The van der Waals surface area contributed by atoms with Gasteiger partial charge < -0.3 is 15.1 Å². The molecule has 5 aliphatic heterocycles. The van der Waals surface area contributed by atoms with Crippen LogP contribution in [0.2, 0.25) is 0 Å². The first-order valence-electron chi connectivity index (χ1n) is 10.7. The van der Waals surface area contributed by atoms with E-state index in [1.54, 1.807) is 0 Å². The summed E-state index contributed by atoms with van der Waals surface area (Å²) >= 11 is 0.